The standard InChI is InChI=1S/C15H17NO3/c1-10-8-12(6-7-16-10)15(17)11-4-5-13(18-2)14(9-11)19-3/h4-9,15,17H,1-3H3. The highest BCUT2D eigenvalue weighted by Crippen LogP contribution is 2.32. The molecule has 0 saturated carbocycles. The van der Waals surface area contributed by atoms with Gasteiger partial charge in [-0.2, -0.15) is 0 Å². The van der Waals surface area contributed by atoms with Gasteiger partial charge in [-0.15, -0.1) is 0 Å². The van der Waals surface area contributed by atoms with Crippen LogP contribution < -0.4 is 9.47 Å². The molecule has 100 valence electrons. The number of hydrogen-bond acceptors (Lipinski definition) is 4. The van der Waals surface area contributed by atoms with Crippen LogP contribution in [0.4, 0.5) is 0 Å². The Hall–Kier alpha value is -2.07. The molecular weight excluding hydrogens is 242 g/mol. The molecule has 0 fully saturated rings. The number of nitrogens with zero attached hydrogens (tertiary/aromatic N) is 1. The Morgan fingerprint density at radius 1 is 1.00 bits per heavy atom. The van der Waals surface area contributed by atoms with E-state index in [0.717, 1.165) is 16.8 Å². The Balaban J connectivity index is 2.36. The van der Waals surface area contributed by atoms with E-state index in [1.165, 1.54) is 0 Å². The lowest BCUT2D eigenvalue weighted by Gasteiger charge is -2.14. The number of ether oxygens (including phenoxy) is 2. The number of benzene rings is 1. The van der Waals surface area contributed by atoms with E-state index < -0.39 is 6.10 Å². The van der Waals surface area contributed by atoms with Crippen LogP contribution in [0.15, 0.2) is 36.5 Å². The Labute approximate surface area is 112 Å². The highest BCUT2D eigenvalue weighted by Gasteiger charge is 2.13. The summed E-state index contributed by atoms with van der Waals surface area (Å²) < 4.78 is 10.4. The number of aromatic nitrogens is 1. The summed E-state index contributed by atoms with van der Waals surface area (Å²) in [6, 6.07) is 9.04. The minimum atomic E-state index is -0.707. The lowest BCUT2D eigenvalue weighted by molar-refractivity contribution is 0.219. The predicted octanol–water partition coefficient (Wildman–Crippen LogP) is 2.49. The fraction of sp³-hybridized carbons (Fsp3) is 0.267. The summed E-state index contributed by atoms with van der Waals surface area (Å²) in [7, 11) is 3.16. The first-order chi connectivity index (χ1) is 9.15. The second-order valence-electron chi connectivity index (χ2n) is 4.25. The first-order valence-electron chi connectivity index (χ1n) is 5.98. The van der Waals surface area contributed by atoms with Gasteiger partial charge in [-0.1, -0.05) is 6.07 Å². The second kappa shape index (κ2) is 5.71. The predicted molar refractivity (Wildman–Crippen MR) is 72.6 cm³/mol. The molecule has 0 spiro atoms. The van der Waals surface area contributed by atoms with Gasteiger partial charge in [-0.25, -0.2) is 0 Å². The highest BCUT2D eigenvalue weighted by molar-refractivity contribution is 5.45. The highest BCUT2D eigenvalue weighted by atomic mass is 16.5. The monoisotopic (exact) mass is 259 g/mol. The van der Waals surface area contributed by atoms with Crippen molar-refractivity contribution in [3.05, 3.63) is 53.3 Å². The molecule has 0 bridgehead atoms. The number of aryl methyl sites for hydroxylation is 1. The van der Waals surface area contributed by atoms with Gasteiger partial charge in [0.05, 0.1) is 14.2 Å². The van der Waals surface area contributed by atoms with Gasteiger partial charge in [-0.3, -0.25) is 4.98 Å². The van der Waals surface area contributed by atoms with E-state index in [9.17, 15) is 5.11 Å². The lowest BCUT2D eigenvalue weighted by Crippen LogP contribution is -2.01. The van der Waals surface area contributed by atoms with Crippen LogP contribution in [0.5, 0.6) is 11.5 Å². The zero-order chi connectivity index (χ0) is 13.8. The number of aliphatic hydroxyl groups excluding tert-OH is 1. The SMILES string of the molecule is COc1ccc(C(O)c2ccnc(C)c2)cc1OC. The molecule has 19 heavy (non-hydrogen) atoms. The van der Waals surface area contributed by atoms with Crippen molar-refractivity contribution in [3.63, 3.8) is 0 Å². The van der Waals surface area contributed by atoms with Gasteiger partial charge in [0.15, 0.2) is 11.5 Å². The average molecular weight is 259 g/mol. The summed E-state index contributed by atoms with van der Waals surface area (Å²) >= 11 is 0. The molecule has 4 heteroatoms. The summed E-state index contributed by atoms with van der Waals surface area (Å²) in [6.07, 6.45) is 0.982. The molecule has 0 amide bonds. The van der Waals surface area contributed by atoms with Crippen LogP contribution in [-0.2, 0) is 0 Å². The molecule has 0 aliphatic rings. The molecule has 0 saturated heterocycles. The Bertz CT molecular complexity index is 569. The Kier molecular flexibility index (Phi) is 4.02. The molecule has 0 aliphatic carbocycles. The molecule has 1 aromatic carbocycles. The third kappa shape index (κ3) is 2.85. The van der Waals surface area contributed by atoms with E-state index in [1.54, 1.807) is 38.6 Å². The minimum absolute atomic E-state index is 0.602. The van der Waals surface area contributed by atoms with Crippen molar-refractivity contribution in [1.29, 1.82) is 0 Å². The second-order valence-corrected chi connectivity index (χ2v) is 4.25. The van der Waals surface area contributed by atoms with Crippen molar-refractivity contribution in [1.82, 2.24) is 4.98 Å². The Morgan fingerprint density at radius 2 is 1.68 bits per heavy atom. The largest absolute Gasteiger partial charge is 0.493 e. The van der Waals surface area contributed by atoms with Gasteiger partial charge >= 0.3 is 0 Å². The van der Waals surface area contributed by atoms with Gasteiger partial charge in [-0.05, 0) is 42.3 Å². The molecule has 1 atom stereocenters. The van der Waals surface area contributed by atoms with E-state index in [-0.39, 0.29) is 0 Å². The van der Waals surface area contributed by atoms with Crippen LogP contribution >= 0.6 is 0 Å². The normalized spacial score (nSPS) is 12.0. The Morgan fingerprint density at radius 3 is 2.32 bits per heavy atom. The molecule has 1 unspecified atom stereocenters. The molecule has 2 rings (SSSR count). The van der Waals surface area contributed by atoms with Crippen LogP contribution in [0.2, 0.25) is 0 Å². The van der Waals surface area contributed by atoms with Gasteiger partial charge in [0.2, 0.25) is 0 Å². The maximum Gasteiger partial charge on any atom is 0.161 e. The third-order valence-electron chi connectivity index (χ3n) is 2.96. The summed E-state index contributed by atoms with van der Waals surface area (Å²) in [5.74, 6) is 1.24. The summed E-state index contributed by atoms with van der Waals surface area (Å²) in [6.45, 7) is 1.89. The maximum absolute atomic E-state index is 10.4. The maximum atomic E-state index is 10.4. The first-order valence-corrected chi connectivity index (χ1v) is 5.98. The van der Waals surface area contributed by atoms with Crippen molar-refractivity contribution >= 4 is 0 Å². The zero-order valence-corrected chi connectivity index (χ0v) is 11.3. The van der Waals surface area contributed by atoms with E-state index in [0.29, 0.717) is 11.5 Å². The molecule has 1 aromatic heterocycles. The van der Waals surface area contributed by atoms with Crippen LogP contribution in [0.25, 0.3) is 0 Å². The molecule has 1 heterocycles. The van der Waals surface area contributed by atoms with Crippen molar-refractivity contribution in [2.24, 2.45) is 0 Å². The zero-order valence-electron chi connectivity index (χ0n) is 11.3. The van der Waals surface area contributed by atoms with Crippen LogP contribution in [0, 0.1) is 6.92 Å². The lowest BCUT2D eigenvalue weighted by atomic mass is 10.0. The number of aliphatic hydroxyl groups is 1. The quantitative estimate of drug-likeness (QED) is 0.916. The van der Waals surface area contributed by atoms with Crippen LogP contribution in [0.3, 0.4) is 0 Å². The van der Waals surface area contributed by atoms with E-state index in [1.807, 2.05) is 19.1 Å². The van der Waals surface area contributed by atoms with Crippen LogP contribution in [0.1, 0.15) is 22.9 Å². The third-order valence-corrected chi connectivity index (χ3v) is 2.96. The number of rotatable bonds is 4. The smallest absolute Gasteiger partial charge is 0.161 e. The molecule has 1 N–H and O–H groups in total. The molecule has 0 aliphatic heterocycles. The van der Waals surface area contributed by atoms with Crippen molar-refractivity contribution < 1.29 is 14.6 Å². The van der Waals surface area contributed by atoms with Crippen molar-refractivity contribution in [2.75, 3.05) is 14.2 Å². The average Bonchev–Trinajstić information content (AvgIpc) is 2.45. The van der Waals surface area contributed by atoms with Gasteiger partial charge in [0, 0.05) is 11.9 Å². The molecular formula is C15H17NO3. The van der Waals surface area contributed by atoms with E-state index in [2.05, 4.69) is 4.98 Å². The number of hydrogen-bond donors (Lipinski definition) is 1. The van der Waals surface area contributed by atoms with Crippen molar-refractivity contribution in [2.45, 2.75) is 13.0 Å². The first kappa shape index (κ1) is 13.4. The summed E-state index contributed by atoms with van der Waals surface area (Å²) in [4.78, 5) is 4.12. The van der Waals surface area contributed by atoms with Gasteiger partial charge in [0.25, 0.3) is 0 Å². The van der Waals surface area contributed by atoms with Crippen LogP contribution in [-0.4, -0.2) is 24.3 Å². The summed E-state index contributed by atoms with van der Waals surface area (Å²) in [5, 5.41) is 10.4. The molecule has 2 aromatic rings. The molecule has 0 radical (unpaired) electrons. The van der Waals surface area contributed by atoms with Gasteiger partial charge in [0.1, 0.15) is 6.10 Å². The van der Waals surface area contributed by atoms with Crippen molar-refractivity contribution in [3.8, 4) is 11.5 Å². The fourth-order valence-electron chi connectivity index (χ4n) is 1.95. The fourth-order valence-corrected chi connectivity index (χ4v) is 1.95. The minimum Gasteiger partial charge on any atom is -0.493 e. The van der Waals surface area contributed by atoms with E-state index >= 15 is 0 Å². The van der Waals surface area contributed by atoms with E-state index in [4.69, 9.17) is 9.47 Å². The number of pyridine rings is 1. The number of methoxy groups -OCH3 is 2. The van der Waals surface area contributed by atoms with Gasteiger partial charge < -0.3 is 14.6 Å². The topological polar surface area (TPSA) is 51.6 Å². The molecule has 4 nitrogen and oxygen atoms in total. The summed E-state index contributed by atoms with van der Waals surface area (Å²) in [5.41, 5.74) is 2.43.